The molecule has 0 saturated heterocycles. The molecule has 0 heterocycles. The van der Waals surface area contributed by atoms with Gasteiger partial charge < -0.3 is 4.74 Å². The molecule has 4 rings (SSSR count). The third-order valence-electron chi connectivity index (χ3n) is 6.09. The molecule has 134 valence electrons. The summed E-state index contributed by atoms with van der Waals surface area (Å²) in [7, 11) is 1.78. The van der Waals surface area contributed by atoms with Crippen LogP contribution in [-0.2, 0) is 11.2 Å². The molecule has 0 amide bonds. The lowest BCUT2D eigenvalue weighted by atomic mass is 9.70. The van der Waals surface area contributed by atoms with Crippen molar-refractivity contribution >= 4 is 11.4 Å². The maximum absolute atomic E-state index is 9.32. The number of hydrogen-bond donors (Lipinski definition) is 0. The summed E-state index contributed by atoms with van der Waals surface area (Å²) in [6, 6.07) is 14.1. The average Bonchev–Trinajstić information content (AvgIpc) is 3.01. The number of nitrogens with zero attached hydrogens (tertiary/aromatic N) is 3. The van der Waals surface area contributed by atoms with Crippen LogP contribution >= 0.6 is 0 Å². The molecule has 1 saturated carbocycles. The van der Waals surface area contributed by atoms with Gasteiger partial charge in [0, 0.05) is 18.1 Å². The van der Waals surface area contributed by atoms with Crippen LogP contribution in [0.2, 0.25) is 0 Å². The van der Waals surface area contributed by atoms with E-state index >= 15 is 0 Å². The van der Waals surface area contributed by atoms with E-state index in [0.717, 1.165) is 54.5 Å². The van der Waals surface area contributed by atoms with Gasteiger partial charge in [-0.15, -0.1) is 0 Å². The molecular weight excluding hydrogens is 334 g/mol. The summed E-state index contributed by atoms with van der Waals surface area (Å²) in [6.07, 6.45) is 7.33. The Kier molecular flexibility index (Phi) is 4.52. The zero-order valence-corrected chi connectivity index (χ0v) is 15.4. The molecule has 0 bridgehead atoms. The Balaban J connectivity index is 1.74. The standard InChI is InChI=1S/C23H21N3O/c1-25-19-5-3-4-16(12-19)17-6-7-18-14-23(10-8-20(27-2)9-11-23)22(26-15-24)21(18)13-17/h3-7,12-13,20H,8-11,14H2,2H3/b26-22-. The van der Waals surface area contributed by atoms with Crippen LogP contribution < -0.4 is 0 Å². The van der Waals surface area contributed by atoms with E-state index in [1.807, 2.05) is 30.5 Å². The summed E-state index contributed by atoms with van der Waals surface area (Å²) in [5.41, 5.74) is 5.98. The van der Waals surface area contributed by atoms with Crippen LogP contribution in [0.5, 0.6) is 0 Å². The van der Waals surface area contributed by atoms with Crippen LogP contribution in [0.4, 0.5) is 5.69 Å². The van der Waals surface area contributed by atoms with E-state index < -0.39 is 0 Å². The molecule has 2 aromatic carbocycles. The van der Waals surface area contributed by atoms with Gasteiger partial charge in [0.2, 0.25) is 6.19 Å². The maximum Gasteiger partial charge on any atom is 0.205 e. The molecule has 0 N–H and O–H groups in total. The van der Waals surface area contributed by atoms with Crippen molar-refractivity contribution in [2.24, 2.45) is 10.4 Å². The first-order valence-corrected chi connectivity index (χ1v) is 9.30. The second kappa shape index (κ2) is 6.99. The number of aliphatic imine (C=N–C) groups is 1. The van der Waals surface area contributed by atoms with E-state index in [4.69, 9.17) is 11.3 Å². The molecule has 2 aliphatic carbocycles. The van der Waals surface area contributed by atoms with Gasteiger partial charge in [-0.2, -0.15) is 10.3 Å². The van der Waals surface area contributed by atoms with Gasteiger partial charge in [0.05, 0.1) is 18.4 Å². The number of nitriles is 1. The Labute approximate surface area is 159 Å². The number of methoxy groups -OCH3 is 1. The Morgan fingerprint density at radius 2 is 1.96 bits per heavy atom. The quantitative estimate of drug-likeness (QED) is 0.542. The maximum atomic E-state index is 9.32. The number of benzene rings is 2. The topological polar surface area (TPSA) is 49.7 Å². The highest BCUT2D eigenvalue weighted by molar-refractivity contribution is 6.10. The minimum absolute atomic E-state index is 0.0376. The second-order valence-electron chi connectivity index (χ2n) is 7.49. The van der Waals surface area contributed by atoms with E-state index in [0.29, 0.717) is 11.8 Å². The number of hydrogen-bond acceptors (Lipinski definition) is 3. The van der Waals surface area contributed by atoms with Crippen molar-refractivity contribution in [3.8, 4) is 17.3 Å². The van der Waals surface area contributed by atoms with E-state index in [9.17, 15) is 5.26 Å². The first kappa shape index (κ1) is 17.5. The minimum atomic E-state index is -0.0376. The zero-order chi connectivity index (χ0) is 18.9. The fourth-order valence-electron chi connectivity index (χ4n) is 4.64. The van der Waals surface area contributed by atoms with Crippen LogP contribution in [-0.4, -0.2) is 18.9 Å². The molecule has 0 atom stereocenters. The lowest BCUT2D eigenvalue weighted by Crippen LogP contribution is -2.35. The van der Waals surface area contributed by atoms with Gasteiger partial charge in [0.1, 0.15) is 0 Å². The van der Waals surface area contributed by atoms with Crippen molar-refractivity contribution in [2.75, 3.05) is 7.11 Å². The van der Waals surface area contributed by atoms with Gasteiger partial charge in [0.15, 0.2) is 5.69 Å². The highest BCUT2D eigenvalue weighted by Gasteiger charge is 2.45. The molecule has 4 heteroatoms. The molecule has 0 aromatic heterocycles. The lowest BCUT2D eigenvalue weighted by molar-refractivity contribution is 0.0468. The summed E-state index contributed by atoms with van der Waals surface area (Å²) >= 11 is 0. The number of fused-ring (bicyclic) bond motifs is 1. The predicted molar refractivity (Wildman–Crippen MR) is 106 cm³/mol. The van der Waals surface area contributed by atoms with Crippen molar-refractivity contribution < 1.29 is 4.74 Å². The second-order valence-corrected chi connectivity index (χ2v) is 7.49. The molecule has 1 spiro atoms. The van der Waals surface area contributed by atoms with Crippen molar-refractivity contribution in [3.63, 3.8) is 0 Å². The fraction of sp³-hybridized carbons (Fsp3) is 0.348. The smallest absolute Gasteiger partial charge is 0.205 e. The van der Waals surface area contributed by atoms with Gasteiger partial charge in [-0.05, 0) is 60.9 Å². The van der Waals surface area contributed by atoms with Gasteiger partial charge in [0.25, 0.3) is 0 Å². The van der Waals surface area contributed by atoms with E-state index in [1.54, 1.807) is 7.11 Å². The van der Waals surface area contributed by atoms with Crippen molar-refractivity contribution in [2.45, 2.75) is 38.2 Å². The highest BCUT2D eigenvalue weighted by Crippen LogP contribution is 2.48. The minimum Gasteiger partial charge on any atom is -0.381 e. The SMILES string of the molecule is [C-]#[N+]c1cccc(-c2ccc3c(c2)/C(=N/C#N)C2(CCC(OC)CC2)C3)c1. The summed E-state index contributed by atoms with van der Waals surface area (Å²) in [4.78, 5) is 7.82. The summed E-state index contributed by atoms with van der Waals surface area (Å²) in [6.45, 7) is 7.23. The van der Waals surface area contributed by atoms with Crippen LogP contribution in [0.15, 0.2) is 47.5 Å². The van der Waals surface area contributed by atoms with E-state index in [-0.39, 0.29) is 5.41 Å². The molecule has 2 aliphatic rings. The van der Waals surface area contributed by atoms with E-state index in [2.05, 4.69) is 28.0 Å². The van der Waals surface area contributed by atoms with Crippen molar-refractivity contribution in [1.29, 1.82) is 5.26 Å². The Bertz CT molecular complexity index is 985. The first-order valence-electron chi connectivity index (χ1n) is 9.30. The zero-order valence-electron chi connectivity index (χ0n) is 15.4. The van der Waals surface area contributed by atoms with Gasteiger partial charge in [-0.25, -0.2) is 4.85 Å². The molecule has 0 radical (unpaired) electrons. The predicted octanol–water partition coefficient (Wildman–Crippen LogP) is 5.31. The Hall–Kier alpha value is -2.95. The van der Waals surface area contributed by atoms with Crippen LogP contribution in [0.25, 0.3) is 16.0 Å². The first-order chi connectivity index (χ1) is 13.2. The van der Waals surface area contributed by atoms with Gasteiger partial charge >= 0.3 is 0 Å². The number of ether oxygens (including phenoxy) is 1. The third-order valence-corrected chi connectivity index (χ3v) is 6.09. The molecule has 27 heavy (non-hydrogen) atoms. The molecular formula is C23H21N3O. The summed E-state index contributed by atoms with van der Waals surface area (Å²) in [5.74, 6) is 0. The van der Waals surface area contributed by atoms with Crippen LogP contribution in [0.3, 0.4) is 0 Å². The monoisotopic (exact) mass is 355 g/mol. The van der Waals surface area contributed by atoms with E-state index in [1.165, 1.54) is 5.56 Å². The van der Waals surface area contributed by atoms with Crippen molar-refractivity contribution in [3.05, 3.63) is 65.0 Å². The molecule has 1 fully saturated rings. The third kappa shape index (κ3) is 3.03. The highest BCUT2D eigenvalue weighted by atomic mass is 16.5. The lowest BCUT2D eigenvalue weighted by Gasteiger charge is -2.36. The molecule has 0 unspecified atom stereocenters. The van der Waals surface area contributed by atoms with Gasteiger partial charge in [-0.3, -0.25) is 0 Å². The molecule has 2 aromatic rings. The van der Waals surface area contributed by atoms with Crippen LogP contribution in [0, 0.1) is 23.4 Å². The normalized spacial score (nSPS) is 25.1. The van der Waals surface area contributed by atoms with Gasteiger partial charge in [-0.1, -0.05) is 30.3 Å². The average molecular weight is 355 g/mol. The fourth-order valence-corrected chi connectivity index (χ4v) is 4.64. The largest absolute Gasteiger partial charge is 0.381 e. The number of rotatable bonds is 2. The summed E-state index contributed by atoms with van der Waals surface area (Å²) < 4.78 is 5.54. The summed E-state index contributed by atoms with van der Waals surface area (Å²) in [5, 5.41) is 9.32. The van der Waals surface area contributed by atoms with Crippen LogP contribution in [0.1, 0.15) is 36.8 Å². The van der Waals surface area contributed by atoms with Crippen molar-refractivity contribution in [1.82, 2.24) is 0 Å². The Morgan fingerprint density at radius 3 is 2.67 bits per heavy atom. The molecule has 0 aliphatic heterocycles. The molecule has 4 nitrogen and oxygen atoms in total. The Morgan fingerprint density at radius 1 is 1.19 bits per heavy atom.